The normalized spacial score (nSPS) is 21.6. The molecular weight excluding hydrogens is 270 g/mol. The minimum atomic E-state index is -0.248. The molecule has 7 heteroatoms. The number of aromatic nitrogens is 2. The standard InChI is InChI=1S/C14H19N5O2/c1-9-2-3-13(21-9)11-6-12(19-18-11)14(20)16-5-4-10-7-15-8-17-10/h2-3,7-8,11-12,18-19H,4-6H2,1H3,(H,15,17)(H,16,20). The Kier molecular flexibility index (Phi) is 4.03. The van der Waals surface area contributed by atoms with Gasteiger partial charge in [-0.2, -0.15) is 0 Å². The Labute approximate surface area is 122 Å². The largest absolute Gasteiger partial charge is 0.465 e. The molecule has 1 aliphatic heterocycles. The Morgan fingerprint density at radius 1 is 1.48 bits per heavy atom. The molecule has 7 nitrogen and oxygen atoms in total. The molecule has 0 aromatic carbocycles. The van der Waals surface area contributed by atoms with Gasteiger partial charge in [0, 0.05) is 24.9 Å². The third-order valence-corrected chi connectivity index (χ3v) is 3.57. The molecule has 2 atom stereocenters. The van der Waals surface area contributed by atoms with E-state index in [2.05, 4.69) is 26.1 Å². The van der Waals surface area contributed by atoms with E-state index in [1.165, 1.54) is 0 Å². The Bertz CT molecular complexity index is 592. The summed E-state index contributed by atoms with van der Waals surface area (Å²) >= 11 is 0. The van der Waals surface area contributed by atoms with Crippen molar-refractivity contribution in [3.63, 3.8) is 0 Å². The van der Waals surface area contributed by atoms with Crippen LogP contribution in [0, 0.1) is 6.92 Å². The minimum absolute atomic E-state index is 0.00667. The van der Waals surface area contributed by atoms with Crippen LogP contribution < -0.4 is 16.2 Å². The number of hydrazine groups is 1. The highest BCUT2D eigenvalue weighted by Gasteiger charge is 2.31. The molecule has 0 radical (unpaired) electrons. The second-order valence-electron chi connectivity index (χ2n) is 5.20. The number of H-pyrrole nitrogens is 1. The molecule has 2 aromatic rings. The van der Waals surface area contributed by atoms with Crippen LogP contribution in [0.15, 0.2) is 29.1 Å². The highest BCUT2D eigenvalue weighted by Crippen LogP contribution is 2.23. The molecule has 21 heavy (non-hydrogen) atoms. The Hall–Kier alpha value is -2.12. The zero-order valence-electron chi connectivity index (χ0n) is 11.8. The average Bonchev–Trinajstić information content (AvgIpc) is 3.19. The molecule has 1 aliphatic rings. The third-order valence-electron chi connectivity index (χ3n) is 3.57. The molecule has 1 amide bonds. The van der Waals surface area contributed by atoms with Gasteiger partial charge in [-0.3, -0.25) is 4.79 Å². The van der Waals surface area contributed by atoms with Crippen LogP contribution >= 0.6 is 0 Å². The molecular formula is C14H19N5O2. The smallest absolute Gasteiger partial charge is 0.238 e. The summed E-state index contributed by atoms with van der Waals surface area (Å²) in [7, 11) is 0. The van der Waals surface area contributed by atoms with Gasteiger partial charge in [-0.1, -0.05) is 0 Å². The van der Waals surface area contributed by atoms with Gasteiger partial charge in [-0.05, 0) is 25.5 Å². The van der Waals surface area contributed by atoms with Crippen LogP contribution in [0.4, 0.5) is 0 Å². The monoisotopic (exact) mass is 289 g/mol. The fourth-order valence-electron chi connectivity index (χ4n) is 2.42. The van der Waals surface area contributed by atoms with E-state index in [9.17, 15) is 4.79 Å². The lowest BCUT2D eigenvalue weighted by atomic mass is 10.1. The predicted octanol–water partition coefficient (Wildman–Crippen LogP) is 0.578. The summed E-state index contributed by atoms with van der Waals surface area (Å²) in [4.78, 5) is 19.0. The first-order chi connectivity index (χ1) is 10.2. The molecule has 3 heterocycles. The number of hydrogen-bond donors (Lipinski definition) is 4. The van der Waals surface area contributed by atoms with Crippen LogP contribution in [-0.4, -0.2) is 28.5 Å². The Morgan fingerprint density at radius 2 is 2.38 bits per heavy atom. The Morgan fingerprint density at radius 3 is 3.10 bits per heavy atom. The summed E-state index contributed by atoms with van der Waals surface area (Å²) in [6.07, 6.45) is 4.81. The molecule has 2 aromatic heterocycles. The van der Waals surface area contributed by atoms with E-state index in [0.717, 1.165) is 23.6 Å². The highest BCUT2D eigenvalue weighted by atomic mass is 16.3. The van der Waals surface area contributed by atoms with Gasteiger partial charge in [0.05, 0.1) is 12.4 Å². The molecule has 0 saturated carbocycles. The number of rotatable bonds is 5. The van der Waals surface area contributed by atoms with Gasteiger partial charge in [-0.15, -0.1) is 0 Å². The van der Waals surface area contributed by atoms with E-state index >= 15 is 0 Å². The minimum Gasteiger partial charge on any atom is -0.465 e. The van der Waals surface area contributed by atoms with Gasteiger partial charge >= 0.3 is 0 Å². The first-order valence-corrected chi connectivity index (χ1v) is 7.05. The zero-order valence-corrected chi connectivity index (χ0v) is 11.8. The molecule has 0 spiro atoms. The third kappa shape index (κ3) is 3.32. The number of imidazole rings is 1. The maximum absolute atomic E-state index is 12.1. The van der Waals surface area contributed by atoms with Crippen LogP contribution in [0.2, 0.25) is 0 Å². The van der Waals surface area contributed by atoms with Gasteiger partial charge < -0.3 is 14.7 Å². The highest BCUT2D eigenvalue weighted by molar-refractivity contribution is 5.82. The molecule has 4 N–H and O–H groups in total. The number of furan rings is 1. The van der Waals surface area contributed by atoms with Crippen LogP contribution in [-0.2, 0) is 11.2 Å². The second kappa shape index (κ2) is 6.11. The number of amides is 1. The summed E-state index contributed by atoms with van der Waals surface area (Å²) < 4.78 is 5.58. The van der Waals surface area contributed by atoms with E-state index in [1.54, 1.807) is 12.5 Å². The number of carbonyl (C=O) groups excluding carboxylic acids is 1. The van der Waals surface area contributed by atoms with Crippen LogP contribution in [0.3, 0.4) is 0 Å². The van der Waals surface area contributed by atoms with Crippen LogP contribution in [0.1, 0.15) is 29.7 Å². The molecule has 0 bridgehead atoms. The number of carbonyl (C=O) groups is 1. The number of aromatic amines is 1. The number of hydrogen-bond acceptors (Lipinski definition) is 5. The Balaban J connectivity index is 1.46. The fourth-order valence-corrected chi connectivity index (χ4v) is 2.42. The van der Waals surface area contributed by atoms with E-state index in [0.29, 0.717) is 13.0 Å². The summed E-state index contributed by atoms with van der Waals surface area (Å²) in [5.41, 5.74) is 7.13. The predicted molar refractivity (Wildman–Crippen MR) is 76.2 cm³/mol. The summed E-state index contributed by atoms with van der Waals surface area (Å²) in [6, 6.07) is 3.64. The van der Waals surface area contributed by atoms with Gasteiger partial charge in [0.15, 0.2) is 0 Å². The van der Waals surface area contributed by atoms with Crippen molar-refractivity contribution in [3.8, 4) is 0 Å². The lowest BCUT2D eigenvalue weighted by Gasteiger charge is -2.09. The number of aryl methyl sites for hydroxylation is 1. The van der Waals surface area contributed by atoms with Crippen molar-refractivity contribution in [1.82, 2.24) is 26.1 Å². The van der Waals surface area contributed by atoms with Gasteiger partial charge in [0.25, 0.3) is 0 Å². The van der Waals surface area contributed by atoms with Gasteiger partial charge in [0.2, 0.25) is 5.91 Å². The van der Waals surface area contributed by atoms with E-state index in [4.69, 9.17) is 4.42 Å². The lowest BCUT2D eigenvalue weighted by molar-refractivity contribution is -0.122. The molecule has 3 rings (SSSR count). The van der Waals surface area contributed by atoms with Crippen molar-refractivity contribution < 1.29 is 9.21 Å². The van der Waals surface area contributed by atoms with Crippen molar-refractivity contribution in [2.24, 2.45) is 0 Å². The average molecular weight is 289 g/mol. The SMILES string of the molecule is Cc1ccc(C2CC(C(=O)NCCc3cnc[nH]3)NN2)o1. The van der Waals surface area contributed by atoms with Crippen LogP contribution in [0.5, 0.6) is 0 Å². The van der Waals surface area contributed by atoms with Crippen molar-refractivity contribution in [2.45, 2.75) is 31.8 Å². The quantitative estimate of drug-likeness (QED) is 0.646. The van der Waals surface area contributed by atoms with Gasteiger partial charge in [-0.25, -0.2) is 15.8 Å². The maximum atomic E-state index is 12.1. The number of nitrogens with one attached hydrogen (secondary N) is 4. The van der Waals surface area contributed by atoms with Crippen molar-refractivity contribution in [2.75, 3.05) is 6.54 Å². The topological polar surface area (TPSA) is 95.0 Å². The first kappa shape index (κ1) is 13.8. The lowest BCUT2D eigenvalue weighted by Crippen LogP contribution is -2.43. The first-order valence-electron chi connectivity index (χ1n) is 7.05. The van der Waals surface area contributed by atoms with Crippen molar-refractivity contribution >= 4 is 5.91 Å². The van der Waals surface area contributed by atoms with E-state index < -0.39 is 0 Å². The van der Waals surface area contributed by atoms with Crippen molar-refractivity contribution in [3.05, 3.63) is 41.9 Å². The van der Waals surface area contributed by atoms with E-state index in [1.807, 2.05) is 19.1 Å². The second-order valence-corrected chi connectivity index (χ2v) is 5.20. The summed E-state index contributed by atoms with van der Waals surface area (Å²) in [5.74, 6) is 1.72. The molecule has 0 aliphatic carbocycles. The van der Waals surface area contributed by atoms with Crippen LogP contribution in [0.25, 0.3) is 0 Å². The van der Waals surface area contributed by atoms with E-state index in [-0.39, 0.29) is 18.0 Å². The van der Waals surface area contributed by atoms with Gasteiger partial charge in [0.1, 0.15) is 17.6 Å². The summed E-state index contributed by atoms with van der Waals surface area (Å²) in [5, 5.41) is 2.92. The fraction of sp³-hybridized carbons (Fsp3) is 0.429. The molecule has 1 saturated heterocycles. The number of nitrogens with zero attached hydrogens (tertiary/aromatic N) is 1. The molecule has 112 valence electrons. The van der Waals surface area contributed by atoms with Crippen molar-refractivity contribution in [1.29, 1.82) is 0 Å². The molecule has 2 unspecified atom stereocenters. The molecule has 1 fully saturated rings. The zero-order chi connectivity index (χ0) is 14.7. The summed E-state index contributed by atoms with van der Waals surface area (Å²) in [6.45, 7) is 2.50. The maximum Gasteiger partial charge on any atom is 0.238 e.